The molecule has 7 rings (SSSR count). The second kappa shape index (κ2) is 7.31. The largest absolute Gasteiger partial charge is 0.363 e. The van der Waals surface area contributed by atoms with Crippen molar-refractivity contribution in [1.29, 1.82) is 0 Å². The highest BCUT2D eigenvalue weighted by molar-refractivity contribution is 5.88. The number of aromatic nitrogens is 1. The number of nitrogens with zero attached hydrogens (tertiary/aromatic N) is 1. The summed E-state index contributed by atoms with van der Waals surface area (Å²) < 4.78 is 0. The van der Waals surface area contributed by atoms with Gasteiger partial charge in [0.15, 0.2) is 0 Å². The molecule has 0 spiro atoms. The predicted molar refractivity (Wildman–Crippen MR) is 135 cm³/mol. The van der Waals surface area contributed by atoms with Gasteiger partial charge in [0.1, 0.15) is 5.82 Å². The molecule has 0 bridgehead atoms. The summed E-state index contributed by atoms with van der Waals surface area (Å²) in [6, 6.07) is 24.4. The summed E-state index contributed by atoms with van der Waals surface area (Å²) in [6.45, 7) is 0. The Bertz CT molecular complexity index is 1400. The molecule has 1 N–H and O–H groups in total. The second-order valence-electron chi connectivity index (χ2n) is 9.19. The number of benzene rings is 2. The number of allylic oxidation sites excluding steroid dienone is 7. The lowest BCUT2D eigenvalue weighted by atomic mass is 9.65. The summed E-state index contributed by atoms with van der Waals surface area (Å²) in [7, 11) is 0. The Hall–Kier alpha value is -3.91. The molecule has 0 fully saturated rings. The van der Waals surface area contributed by atoms with Crippen molar-refractivity contribution in [2.75, 3.05) is 5.32 Å². The summed E-state index contributed by atoms with van der Waals surface area (Å²) in [5.74, 6) is 1.95. The monoisotopic (exact) mass is 424 g/mol. The van der Waals surface area contributed by atoms with Gasteiger partial charge in [0.05, 0.1) is 6.04 Å². The van der Waals surface area contributed by atoms with Gasteiger partial charge in [-0.25, -0.2) is 4.98 Å². The number of anilines is 1. The van der Waals surface area contributed by atoms with E-state index in [4.69, 9.17) is 0 Å². The minimum absolute atomic E-state index is 0.286. The number of fused-ring (bicyclic) bond motifs is 5. The quantitative estimate of drug-likeness (QED) is 0.489. The van der Waals surface area contributed by atoms with Gasteiger partial charge >= 0.3 is 0 Å². The van der Waals surface area contributed by atoms with Crippen LogP contribution in [0, 0.1) is 5.92 Å². The van der Waals surface area contributed by atoms with Gasteiger partial charge in [0, 0.05) is 29.5 Å². The van der Waals surface area contributed by atoms with Crippen molar-refractivity contribution in [3.05, 3.63) is 149 Å². The summed E-state index contributed by atoms with van der Waals surface area (Å²) in [5, 5.41) is 3.59. The fourth-order valence-corrected chi connectivity index (χ4v) is 6.05. The highest BCUT2D eigenvalue weighted by atomic mass is 15.0. The van der Waals surface area contributed by atoms with E-state index in [9.17, 15) is 0 Å². The molecule has 0 saturated heterocycles. The standard InChI is InChI=1S/C31H24N2/c1-2-9-20(10-3-1)29-22-11-4-6-13-24(22)30(25-14-7-5-12-23(25)29)21-16-17-28-27(19-21)26-15-8-18-32-31(26)33-28/h1-19,24,27-28,30H,(H,32,33). The average molecular weight is 425 g/mol. The number of nitrogens with one attached hydrogen (secondary N) is 1. The number of rotatable bonds is 2. The van der Waals surface area contributed by atoms with E-state index >= 15 is 0 Å². The molecule has 33 heavy (non-hydrogen) atoms. The molecule has 0 saturated carbocycles. The van der Waals surface area contributed by atoms with Gasteiger partial charge in [-0.2, -0.15) is 0 Å². The lowest BCUT2D eigenvalue weighted by Gasteiger charge is -2.38. The third kappa shape index (κ3) is 2.84. The molecule has 0 radical (unpaired) electrons. The van der Waals surface area contributed by atoms with Crippen LogP contribution >= 0.6 is 0 Å². The zero-order chi connectivity index (χ0) is 21.8. The van der Waals surface area contributed by atoms with Crippen molar-refractivity contribution in [3.8, 4) is 0 Å². The van der Waals surface area contributed by atoms with Crippen molar-refractivity contribution in [1.82, 2.24) is 4.98 Å². The third-order valence-corrected chi connectivity index (χ3v) is 7.46. The van der Waals surface area contributed by atoms with Crippen molar-refractivity contribution < 1.29 is 0 Å². The first-order chi connectivity index (χ1) is 16.4. The zero-order valence-electron chi connectivity index (χ0n) is 18.2. The Kier molecular flexibility index (Phi) is 4.13. The lowest BCUT2D eigenvalue weighted by Crippen LogP contribution is -2.26. The molecule has 4 atom stereocenters. The molecular formula is C31H24N2. The molecule has 2 heteroatoms. The first-order valence-electron chi connectivity index (χ1n) is 11.7. The number of hydrogen-bond donors (Lipinski definition) is 1. The van der Waals surface area contributed by atoms with E-state index in [-0.39, 0.29) is 6.04 Å². The molecule has 0 amide bonds. The summed E-state index contributed by atoms with van der Waals surface area (Å²) in [6.07, 6.45) is 18.2. The molecule has 3 aliphatic carbocycles. The topological polar surface area (TPSA) is 24.9 Å². The first-order valence-corrected chi connectivity index (χ1v) is 11.7. The van der Waals surface area contributed by atoms with Gasteiger partial charge in [-0.15, -0.1) is 0 Å². The van der Waals surface area contributed by atoms with Gasteiger partial charge in [0.2, 0.25) is 0 Å². The van der Waals surface area contributed by atoms with Crippen molar-refractivity contribution in [2.24, 2.45) is 5.92 Å². The average Bonchev–Trinajstić information content (AvgIpc) is 3.25. The zero-order valence-corrected chi connectivity index (χ0v) is 18.2. The van der Waals surface area contributed by atoms with E-state index in [1.165, 1.54) is 39.0 Å². The minimum atomic E-state index is 0.286. The van der Waals surface area contributed by atoms with Gasteiger partial charge in [-0.1, -0.05) is 103 Å². The van der Waals surface area contributed by atoms with Crippen LogP contribution in [0.1, 0.15) is 34.1 Å². The summed E-state index contributed by atoms with van der Waals surface area (Å²) in [4.78, 5) is 4.56. The molecule has 158 valence electrons. The maximum atomic E-state index is 4.56. The van der Waals surface area contributed by atoms with Crippen LogP contribution in [0.4, 0.5) is 5.82 Å². The van der Waals surface area contributed by atoms with Gasteiger partial charge in [0.25, 0.3) is 0 Å². The van der Waals surface area contributed by atoms with Crippen LogP contribution in [0.5, 0.6) is 0 Å². The van der Waals surface area contributed by atoms with E-state index in [1.807, 2.05) is 12.3 Å². The summed E-state index contributed by atoms with van der Waals surface area (Å²) >= 11 is 0. The molecule has 3 aromatic rings. The molecule has 4 unspecified atom stereocenters. The second-order valence-corrected chi connectivity index (χ2v) is 9.19. The minimum Gasteiger partial charge on any atom is -0.363 e. The highest BCUT2D eigenvalue weighted by Crippen LogP contribution is 2.52. The van der Waals surface area contributed by atoms with Gasteiger partial charge in [-0.3, -0.25) is 0 Å². The Morgan fingerprint density at radius 3 is 2.52 bits per heavy atom. The van der Waals surface area contributed by atoms with Crippen molar-refractivity contribution >= 4 is 11.4 Å². The van der Waals surface area contributed by atoms with Gasteiger partial charge < -0.3 is 5.32 Å². The fraction of sp³-hybridized carbons (Fsp3) is 0.129. The fourth-order valence-electron chi connectivity index (χ4n) is 6.05. The number of pyridine rings is 1. The molecule has 4 aliphatic rings. The molecular weight excluding hydrogens is 400 g/mol. The Labute approximate surface area is 194 Å². The third-order valence-electron chi connectivity index (χ3n) is 7.46. The lowest BCUT2D eigenvalue weighted by molar-refractivity contribution is 0.634. The highest BCUT2D eigenvalue weighted by Gasteiger charge is 2.39. The molecule has 2 nitrogen and oxygen atoms in total. The van der Waals surface area contributed by atoms with Crippen LogP contribution in [-0.4, -0.2) is 11.0 Å². The van der Waals surface area contributed by atoms with E-state index < -0.39 is 0 Å². The van der Waals surface area contributed by atoms with E-state index in [0.29, 0.717) is 17.8 Å². The predicted octanol–water partition coefficient (Wildman–Crippen LogP) is 6.80. The first kappa shape index (κ1) is 18.6. The Morgan fingerprint density at radius 2 is 1.58 bits per heavy atom. The molecule has 1 aliphatic heterocycles. The normalized spacial score (nSPS) is 26.1. The van der Waals surface area contributed by atoms with Crippen molar-refractivity contribution in [3.63, 3.8) is 0 Å². The van der Waals surface area contributed by atoms with E-state index in [2.05, 4.69) is 113 Å². The van der Waals surface area contributed by atoms with Crippen LogP contribution in [0.3, 0.4) is 0 Å². The molecule has 1 aromatic heterocycles. The Morgan fingerprint density at radius 1 is 0.727 bits per heavy atom. The smallest absolute Gasteiger partial charge is 0.130 e. The van der Waals surface area contributed by atoms with Crippen LogP contribution in [0.2, 0.25) is 0 Å². The van der Waals surface area contributed by atoms with E-state index in [1.54, 1.807) is 0 Å². The number of hydrogen-bond acceptors (Lipinski definition) is 2. The molecule has 2 aromatic carbocycles. The van der Waals surface area contributed by atoms with Crippen LogP contribution < -0.4 is 5.32 Å². The van der Waals surface area contributed by atoms with Crippen LogP contribution in [0.15, 0.2) is 127 Å². The van der Waals surface area contributed by atoms with Gasteiger partial charge in [-0.05, 0) is 39.5 Å². The maximum Gasteiger partial charge on any atom is 0.130 e. The van der Waals surface area contributed by atoms with Crippen LogP contribution in [0.25, 0.3) is 5.57 Å². The van der Waals surface area contributed by atoms with Crippen LogP contribution in [-0.2, 0) is 0 Å². The SMILES string of the molecule is C1=CC2=C(c3ccccc3)c3ccccc3C(C3=CC4c5cccnc5NC4C=C3)C2C=C1. The van der Waals surface area contributed by atoms with Crippen molar-refractivity contribution in [2.45, 2.75) is 17.9 Å². The Balaban J connectivity index is 1.41. The maximum absolute atomic E-state index is 4.56. The van der Waals surface area contributed by atoms with E-state index in [0.717, 1.165) is 5.82 Å². The summed E-state index contributed by atoms with van der Waals surface area (Å²) in [5.41, 5.74) is 9.53. The molecule has 2 heterocycles.